The van der Waals surface area contributed by atoms with Crippen molar-refractivity contribution < 1.29 is 9.47 Å². The van der Waals surface area contributed by atoms with Crippen LogP contribution in [0, 0.1) is 0 Å². The minimum atomic E-state index is 0.383. The van der Waals surface area contributed by atoms with Crippen molar-refractivity contribution in [2.24, 2.45) is 0 Å². The summed E-state index contributed by atoms with van der Waals surface area (Å²) in [5, 5.41) is 3.44. The molecular weight excluding hydrogens is 180 g/mol. The molecule has 0 saturated carbocycles. The fourth-order valence-electron chi connectivity index (χ4n) is 2.11. The van der Waals surface area contributed by atoms with E-state index in [4.69, 9.17) is 9.47 Å². The molecule has 2 saturated heterocycles. The highest BCUT2D eigenvalue weighted by molar-refractivity contribution is 4.77. The van der Waals surface area contributed by atoms with Crippen LogP contribution in [-0.2, 0) is 9.47 Å². The highest BCUT2D eigenvalue weighted by Gasteiger charge is 2.21. The molecule has 2 aliphatic heterocycles. The number of rotatable bonds is 2. The lowest BCUT2D eigenvalue weighted by atomic mass is 10.2. The van der Waals surface area contributed by atoms with E-state index in [0.29, 0.717) is 18.9 Å². The second-order valence-electron chi connectivity index (χ2n) is 4.22. The van der Waals surface area contributed by atoms with E-state index in [1.165, 1.54) is 0 Å². The third-order valence-electron chi connectivity index (χ3n) is 2.89. The summed E-state index contributed by atoms with van der Waals surface area (Å²) in [7, 11) is 0. The average molecular weight is 200 g/mol. The van der Waals surface area contributed by atoms with E-state index in [1.54, 1.807) is 0 Å². The van der Waals surface area contributed by atoms with Crippen molar-refractivity contribution in [1.82, 2.24) is 10.2 Å². The van der Waals surface area contributed by atoms with Crippen LogP contribution in [-0.4, -0.2) is 56.6 Å². The van der Waals surface area contributed by atoms with Gasteiger partial charge in [0.15, 0.2) is 0 Å². The number of nitrogens with one attached hydrogen (secondary N) is 1. The Hall–Kier alpha value is -0.160. The fraction of sp³-hybridized carbons (Fsp3) is 1.00. The van der Waals surface area contributed by atoms with Gasteiger partial charge in [0, 0.05) is 32.2 Å². The molecule has 0 aromatic carbocycles. The molecule has 0 aliphatic carbocycles. The predicted octanol–water partition coefficient (Wildman–Crippen LogP) is 0.0431. The lowest BCUT2D eigenvalue weighted by Gasteiger charge is -2.35. The van der Waals surface area contributed by atoms with E-state index in [2.05, 4.69) is 17.1 Å². The zero-order valence-electron chi connectivity index (χ0n) is 8.87. The molecule has 1 N–H and O–H groups in total. The summed E-state index contributed by atoms with van der Waals surface area (Å²) in [4.78, 5) is 2.48. The Bertz CT molecular complexity index is 172. The van der Waals surface area contributed by atoms with Gasteiger partial charge < -0.3 is 14.8 Å². The van der Waals surface area contributed by atoms with Crippen LogP contribution in [0.2, 0.25) is 0 Å². The first-order valence-corrected chi connectivity index (χ1v) is 5.49. The van der Waals surface area contributed by atoms with E-state index in [9.17, 15) is 0 Å². The van der Waals surface area contributed by atoms with Crippen LogP contribution >= 0.6 is 0 Å². The standard InChI is InChI=1S/C10H20N2O2/c1-9-6-12(4-3-11-9)7-10-2-5-13-8-14-10/h9-11H,2-8H2,1H3/t9-,10?/m0/s1. The number of hydrogen-bond donors (Lipinski definition) is 1. The minimum Gasteiger partial charge on any atom is -0.355 e. The molecule has 2 fully saturated rings. The van der Waals surface area contributed by atoms with Crippen LogP contribution in [0.25, 0.3) is 0 Å². The normalized spacial score (nSPS) is 35.8. The predicted molar refractivity (Wildman–Crippen MR) is 54.2 cm³/mol. The van der Waals surface area contributed by atoms with Crippen molar-refractivity contribution in [3.8, 4) is 0 Å². The topological polar surface area (TPSA) is 33.7 Å². The molecule has 2 aliphatic rings. The Kier molecular flexibility index (Phi) is 3.75. The van der Waals surface area contributed by atoms with Gasteiger partial charge in [-0.2, -0.15) is 0 Å². The van der Waals surface area contributed by atoms with Gasteiger partial charge in [0.1, 0.15) is 6.79 Å². The summed E-state index contributed by atoms with van der Waals surface area (Å²) in [6, 6.07) is 0.614. The highest BCUT2D eigenvalue weighted by Crippen LogP contribution is 2.09. The maximum atomic E-state index is 5.53. The lowest BCUT2D eigenvalue weighted by Crippen LogP contribution is -2.51. The van der Waals surface area contributed by atoms with Crippen molar-refractivity contribution in [3.63, 3.8) is 0 Å². The molecule has 0 bridgehead atoms. The van der Waals surface area contributed by atoms with E-state index >= 15 is 0 Å². The molecule has 2 atom stereocenters. The Morgan fingerprint density at radius 3 is 3.14 bits per heavy atom. The first kappa shape index (κ1) is 10.4. The van der Waals surface area contributed by atoms with Crippen molar-refractivity contribution in [3.05, 3.63) is 0 Å². The molecule has 4 heteroatoms. The summed E-state index contributed by atoms with van der Waals surface area (Å²) in [6.45, 7) is 8.02. The molecule has 0 radical (unpaired) electrons. The van der Waals surface area contributed by atoms with Crippen molar-refractivity contribution >= 4 is 0 Å². The second-order valence-corrected chi connectivity index (χ2v) is 4.22. The molecule has 0 aromatic heterocycles. The number of piperazine rings is 1. The monoisotopic (exact) mass is 200 g/mol. The Labute approximate surface area is 85.5 Å². The summed E-state index contributed by atoms with van der Waals surface area (Å²) in [6.07, 6.45) is 1.42. The summed E-state index contributed by atoms with van der Waals surface area (Å²) >= 11 is 0. The van der Waals surface area contributed by atoms with Crippen LogP contribution in [0.4, 0.5) is 0 Å². The van der Waals surface area contributed by atoms with Crippen LogP contribution in [0.1, 0.15) is 13.3 Å². The van der Waals surface area contributed by atoms with E-state index in [1.807, 2.05) is 0 Å². The van der Waals surface area contributed by atoms with Crippen molar-refractivity contribution in [2.75, 3.05) is 39.6 Å². The maximum Gasteiger partial charge on any atom is 0.147 e. The van der Waals surface area contributed by atoms with Gasteiger partial charge in [-0.3, -0.25) is 4.90 Å². The minimum absolute atomic E-state index is 0.383. The summed E-state index contributed by atoms with van der Waals surface area (Å²) in [5.41, 5.74) is 0. The largest absolute Gasteiger partial charge is 0.355 e. The van der Waals surface area contributed by atoms with E-state index in [-0.39, 0.29) is 0 Å². The van der Waals surface area contributed by atoms with Gasteiger partial charge in [-0.15, -0.1) is 0 Å². The molecule has 2 heterocycles. The van der Waals surface area contributed by atoms with Gasteiger partial charge in [0.2, 0.25) is 0 Å². The Morgan fingerprint density at radius 1 is 1.50 bits per heavy atom. The lowest BCUT2D eigenvalue weighted by molar-refractivity contribution is -0.145. The number of nitrogens with zero attached hydrogens (tertiary/aromatic N) is 1. The zero-order valence-corrected chi connectivity index (χ0v) is 8.87. The van der Waals surface area contributed by atoms with E-state index in [0.717, 1.165) is 39.2 Å². The molecule has 0 amide bonds. The SMILES string of the molecule is C[C@H]1CN(CC2CCOCO2)CCN1. The van der Waals surface area contributed by atoms with Gasteiger partial charge in [-0.1, -0.05) is 0 Å². The van der Waals surface area contributed by atoms with Crippen LogP contribution < -0.4 is 5.32 Å². The molecule has 2 rings (SSSR count). The van der Waals surface area contributed by atoms with E-state index < -0.39 is 0 Å². The van der Waals surface area contributed by atoms with Gasteiger partial charge in [-0.25, -0.2) is 0 Å². The van der Waals surface area contributed by atoms with Gasteiger partial charge >= 0.3 is 0 Å². The molecule has 0 spiro atoms. The molecule has 4 nitrogen and oxygen atoms in total. The molecular formula is C10H20N2O2. The van der Waals surface area contributed by atoms with Crippen LogP contribution in [0.5, 0.6) is 0 Å². The third kappa shape index (κ3) is 2.92. The number of hydrogen-bond acceptors (Lipinski definition) is 4. The molecule has 0 aromatic rings. The smallest absolute Gasteiger partial charge is 0.147 e. The summed E-state index contributed by atoms with van der Waals surface area (Å²) < 4.78 is 10.7. The third-order valence-corrected chi connectivity index (χ3v) is 2.89. The highest BCUT2D eigenvalue weighted by atomic mass is 16.7. The van der Waals surface area contributed by atoms with Crippen molar-refractivity contribution in [2.45, 2.75) is 25.5 Å². The van der Waals surface area contributed by atoms with Crippen molar-refractivity contribution in [1.29, 1.82) is 0 Å². The van der Waals surface area contributed by atoms with Gasteiger partial charge in [0.25, 0.3) is 0 Å². The first-order chi connectivity index (χ1) is 6.84. The van der Waals surface area contributed by atoms with Gasteiger partial charge in [0.05, 0.1) is 12.7 Å². The number of ether oxygens (including phenoxy) is 2. The Morgan fingerprint density at radius 2 is 2.43 bits per heavy atom. The maximum absolute atomic E-state index is 5.53. The second kappa shape index (κ2) is 5.07. The Balaban J connectivity index is 1.72. The fourth-order valence-corrected chi connectivity index (χ4v) is 2.11. The molecule has 82 valence electrons. The first-order valence-electron chi connectivity index (χ1n) is 5.49. The molecule has 1 unspecified atom stereocenters. The van der Waals surface area contributed by atoms with Crippen LogP contribution in [0.3, 0.4) is 0 Å². The quantitative estimate of drug-likeness (QED) is 0.682. The average Bonchev–Trinajstić information content (AvgIpc) is 2.19. The van der Waals surface area contributed by atoms with Gasteiger partial charge in [-0.05, 0) is 13.3 Å². The van der Waals surface area contributed by atoms with Crippen LogP contribution in [0.15, 0.2) is 0 Å². The zero-order chi connectivity index (χ0) is 9.80. The molecule has 14 heavy (non-hydrogen) atoms. The summed E-state index contributed by atoms with van der Waals surface area (Å²) in [5.74, 6) is 0.